The van der Waals surface area contributed by atoms with Crippen molar-refractivity contribution in [3.05, 3.63) is 36.4 Å². The first-order valence-electron chi connectivity index (χ1n) is 6.33. The Kier molecular flexibility index (Phi) is 6.91. The van der Waals surface area contributed by atoms with E-state index >= 15 is 0 Å². The van der Waals surface area contributed by atoms with Gasteiger partial charge in [-0.05, 0) is 24.6 Å². The summed E-state index contributed by atoms with van der Waals surface area (Å²) >= 11 is 0. The van der Waals surface area contributed by atoms with E-state index in [2.05, 4.69) is 17.6 Å². The molecule has 5 N–H and O–H groups in total. The second-order valence-corrected chi connectivity index (χ2v) is 4.03. The molecule has 0 amide bonds. The van der Waals surface area contributed by atoms with E-state index in [1.165, 1.54) is 0 Å². The van der Waals surface area contributed by atoms with Gasteiger partial charge in [0.2, 0.25) is 0 Å². The molecule has 18 heavy (non-hydrogen) atoms. The number of hydrogen-bond acceptors (Lipinski definition) is 2. The summed E-state index contributed by atoms with van der Waals surface area (Å²) in [5, 5.41) is 2.21. The quantitative estimate of drug-likeness (QED) is 0.464. The van der Waals surface area contributed by atoms with Crippen LogP contribution in [0.25, 0.3) is 0 Å². The van der Waals surface area contributed by atoms with Crippen LogP contribution in [0, 0.1) is 0 Å². The van der Waals surface area contributed by atoms with Crippen LogP contribution in [0.3, 0.4) is 0 Å². The maximum atomic E-state index is 5.78. The van der Waals surface area contributed by atoms with E-state index in [0.29, 0.717) is 6.61 Å². The lowest BCUT2D eigenvalue weighted by Gasteiger charge is -2.11. The van der Waals surface area contributed by atoms with E-state index in [-0.39, 0.29) is 0 Å². The molecule has 0 heterocycles. The molecule has 0 aromatic heterocycles. The Morgan fingerprint density at radius 2 is 2.22 bits per heavy atom. The summed E-state index contributed by atoms with van der Waals surface area (Å²) in [5.41, 5.74) is 4.91. The molecule has 0 spiro atoms. The van der Waals surface area contributed by atoms with Crippen LogP contribution in [0.2, 0.25) is 0 Å². The highest BCUT2D eigenvalue weighted by molar-refractivity contribution is 5.41. The number of ether oxygens (including phenoxy) is 2. The molecule has 0 aliphatic carbocycles. The molecule has 0 bridgehead atoms. The van der Waals surface area contributed by atoms with Gasteiger partial charge in [0.05, 0.1) is 7.11 Å². The Labute approximate surface area is 109 Å². The SMILES string of the molecule is C=CCc1cc(OC)ccc1OCC[NH2+]CC[NH3+]. The van der Waals surface area contributed by atoms with Gasteiger partial charge in [0.1, 0.15) is 37.7 Å². The first-order chi connectivity index (χ1) is 8.81. The van der Waals surface area contributed by atoms with Gasteiger partial charge in [-0.25, -0.2) is 0 Å². The van der Waals surface area contributed by atoms with Gasteiger partial charge >= 0.3 is 0 Å². The minimum Gasteiger partial charge on any atom is -0.497 e. The predicted molar refractivity (Wildman–Crippen MR) is 71.8 cm³/mol. The fraction of sp³-hybridized carbons (Fsp3) is 0.429. The van der Waals surface area contributed by atoms with Crippen molar-refractivity contribution >= 4 is 0 Å². The van der Waals surface area contributed by atoms with Crippen molar-refractivity contribution in [2.45, 2.75) is 6.42 Å². The third-order valence-corrected chi connectivity index (χ3v) is 2.62. The van der Waals surface area contributed by atoms with Crippen LogP contribution < -0.4 is 20.5 Å². The molecule has 100 valence electrons. The van der Waals surface area contributed by atoms with E-state index in [0.717, 1.165) is 43.1 Å². The van der Waals surface area contributed by atoms with E-state index in [1.807, 2.05) is 24.3 Å². The predicted octanol–water partition coefficient (Wildman–Crippen LogP) is -0.392. The fourth-order valence-corrected chi connectivity index (χ4v) is 1.68. The molecular weight excluding hydrogens is 228 g/mol. The van der Waals surface area contributed by atoms with Gasteiger partial charge in [-0.2, -0.15) is 0 Å². The zero-order valence-electron chi connectivity index (χ0n) is 11.2. The first kappa shape index (κ1) is 14.5. The molecule has 0 radical (unpaired) electrons. The van der Waals surface area contributed by atoms with Crippen molar-refractivity contribution in [3.63, 3.8) is 0 Å². The molecule has 0 aliphatic heterocycles. The Morgan fingerprint density at radius 1 is 1.39 bits per heavy atom. The van der Waals surface area contributed by atoms with Gasteiger partial charge in [0.25, 0.3) is 0 Å². The van der Waals surface area contributed by atoms with Gasteiger partial charge in [-0.15, -0.1) is 6.58 Å². The normalized spacial score (nSPS) is 10.1. The van der Waals surface area contributed by atoms with E-state index in [1.54, 1.807) is 7.11 Å². The number of hydrogen-bond donors (Lipinski definition) is 2. The lowest BCUT2D eigenvalue weighted by molar-refractivity contribution is -0.670. The molecule has 4 nitrogen and oxygen atoms in total. The van der Waals surface area contributed by atoms with Gasteiger partial charge in [-0.1, -0.05) is 6.08 Å². The largest absolute Gasteiger partial charge is 0.497 e. The highest BCUT2D eigenvalue weighted by atomic mass is 16.5. The summed E-state index contributed by atoms with van der Waals surface area (Å²) < 4.78 is 11.0. The van der Waals surface area contributed by atoms with Crippen LogP contribution in [-0.2, 0) is 6.42 Å². The maximum absolute atomic E-state index is 5.78. The van der Waals surface area contributed by atoms with Crippen molar-refractivity contribution in [1.29, 1.82) is 0 Å². The molecule has 0 atom stereocenters. The fourth-order valence-electron chi connectivity index (χ4n) is 1.68. The smallest absolute Gasteiger partial charge is 0.137 e. The number of quaternary nitrogens is 2. The summed E-state index contributed by atoms with van der Waals surface area (Å²) in [6.45, 7) is 7.42. The Bertz CT molecular complexity index is 367. The lowest BCUT2D eigenvalue weighted by atomic mass is 10.1. The third-order valence-electron chi connectivity index (χ3n) is 2.62. The Morgan fingerprint density at radius 3 is 2.89 bits per heavy atom. The van der Waals surface area contributed by atoms with Crippen LogP contribution >= 0.6 is 0 Å². The Hall–Kier alpha value is -1.52. The molecular formula is C14H24N2O2+2. The third kappa shape index (κ3) is 4.77. The minimum atomic E-state index is 0.705. The van der Waals surface area contributed by atoms with Crippen LogP contribution in [0.1, 0.15) is 5.56 Å². The average Bonchev–Trinajstić information content (AvgIpc) is 2.40. The maximum Gasteiger partial charge on any atom is 0.137 e. The zero-order valence-corrected chi connectivity index (χ0v) is 11.2. The lowest BCUT2D eigenvalue weighted by Crippen LogP contribution is -2.88. The second kappa shape index (κ2) is 8.55. The Balaban J connectivity index is 2.54. The summed E-state index contributed by atoms with van der Waals surface area (Å²) in [4.78, 5) is 0. The monoisotopic (exact) mass is 252 g/mol. The number of rotatable bonds is 9. The summed E-state index contributed by atoms with van der Waals surface area (Å²) in [6, 6.07) is 5.87. The van der Waals surface area contributed by atoms with Crippen molar-refractivity contribution in [3.8, 4) is 11.5 Å². The second-order valence-electron chi connectivity index (χ2n) is 4.03. The van der Waals surface area contributed by atoms with Crippen molar-refractivity contribution in [2.24, 2.45) is 0 Å². The molecule has 1 aromatic rings. The van der Waals surface area contributed by atoms with Crippen LogP contribution in [0.15, 0.2) is 30.9 Å². The van der Waals surface area contributed by atoms with E-state index < -0.39 is 0 Å². The van der Waals surface area contributed by atoms with Crippen LogP contribution in [-0.4, -0.2) is 33.4 Å². The highest BCUT2D eigenvalue weighted by Crippen LogP contribution is 2.24. The molecule has 1 rings (SSSR count). The molecule has 1 aromatic carbocycles. The highest BCUT2D eigenvalue weighted by Gasteiger charge is 2.04. The van der Waals surface area contributed by atoms with Crippen molar-refractivity contribution < 1.29 is 20.5 Å². The number of methoxy groups -OCH3 is 1. The molecule has 4 heteroatoms. The topological polar surface area (TPSA) is 62.7 Å². The van der Waals surface area contributed by atoms with Gasteiger partial charge in [-0.3, -0.25) is 0 Å². The molecule has 0 unspecified atom stereocenters. The number of allylic oxidation sites excluding steroid dienone is 1. The first-order valence-corrected chi connectivity index (χ1v) is 6.33. The van der Waals surface area contributed by atoms with Crippen molar-refractivity contribution in [1.82, 2.24) is 0 Å². The van der Waals surface area contributed by atoms with Gasteiger partial charge in [0, 0.05) is 5.56 Å². The minimum absolute atomic E-state index is 0.705. The van der Waals surface area contributed by atoms with E-state index in [4.69, 9.17) is 9.47 Å². The molecule has 0 fully saturated rings. The standard InChI is InChI=1S/C14H22N2O2/c1-3-4-12-11-13(17-2)5-6-14(12)18-10-9-16-8-7-15/h3,5-6,11,16H,1,4,7-10,15H2,2H3/p+2. The summed E-state index contributed by atoms with van der Waals surface area (Å²) in [7, 11) is 1.67. The van der Waals surface area contributed by atoms with E-state index in [9.17, 15) is 0 Å². The summed E-state index contributed by atoms with van der Waals surface area (Å²) in [5.74, 6) is 1.77. The number of benzene rings is 1. The summed E-state index contributed by atoms with van der Waals surface area (Å²) in [6.07, 6.45) is 2.66. The zero-order chi connectivity index (χ0) is 13.2. The van der Waals surface area contributed by atoms with Gasteiger partial charge < -0.3 is 20.5 Å². The molecule has 0 aliphatic rings. The number of nitrogens with two attached hydrogens (primary N) is 1. The molecule has 0 saturated heterocycles. The van der Waals surface area contributed by atoms with Crippen LogP contribution in [0.5, 0.6) is 11.5 Å². The van der Waals surface area contributed by atoms with Gasteiger partial charge in [0.15, 0.2) is 0 Å². The average molecular weight is 252 g/mol. The van der Waals surface area contributed by atoms with Crippen molar-refractivity contribution in [2.75, 3.05) is 33.4 Å². The molecule has 0 saturated carbocycles. The van der Waals surface area contributed by atoms with Crippen LogP contribution in [0.4, 0.5) is 0 Å².